The Hall–Kier alpha value is -4.13. The van der Waals surface area contributed by atoms with Crippen LogP contribution in [0.3, 0.4) is 0 Å². The largest absolute Gasteiger partial charge is 0.507 e. The fraction of sp³-hybridized carbons (Fsp3) is 0.160. The Morgan fingerprint density at radius 1 is 1.00 bits per heavy atom. The number of aliphatic hydroxyl groups excluding tert-OH is 1. The van der Waals surface area contributed by atoms with Crippen LogP contribution in [0.25, 0.3) is 5.76 Å². The van der Waals surface area contributed by atoms with Crippen LogP contribution in [0.1, 0.15) is 22.7 Å². The maximum atomic E-state index is 13.2. The minimum atomic E-state index is -0.821. The number of carbonyl (C=O) groups is 2. The number of pyridine rings is 1. The fourth-order valence-electron chi connectivity index (χ4n) is 3.98. The second-order valence-corrected chi connectivity index (χ2v) is 7.63. The van der Waals surface area contributed by atoms with Gasteiger partial charge in [0.05, 0.1) is 11.6 Å². The molecule has 160 valence electrons. The molecule has 0 spiro atoms. The van der Waals surface area contributed by atoms with Gasteiger partial charge in [-0.2, -0.15) is 0 Å². The molecular weight excluding hydrogens is 408 g/mol. The molecule has 1 unspecified atom stereocenters. The number of ketones is 1. The van der Waals surface area contributed by atoms with E-state index in [4.69, 9.17) is 9.47 Å². The average Bonchev–Trinajstić information content (AvgIpc) is 3.09. The van der Waals surface area contributed by atoms with Crippen LogP contribution in [0.4, 0.5) is 5.82 Å². The number of fused-ring (bicyclic) bond motifs is 1. The zero-order chi connectivity index (χ0) is 22.2. The third kappa shape index (κ3) is 3.28. The number of aromatic nitrogens is 1. The minimum absolute atomic E-state index is 0.00110. The number of carbonyl (C=O) groups excluding carboxylic acids is 2. The van der Waals surface area contributed by atoms with E-state index in [9.17, 15) is 14.7 Å². The van der Waals surface area contributed by atoms with Crippen molar-refractivity contribution in [3.05, 3.63) is 89.1 Å². The first kappa shape index (κ1) is 19.8. The highest BCUT2D eigenvalue weighted by atomic mass is 16.6. The van der Waals surface area contributed by atoms with Gasteiger partial charge >= 0.3 is 5.91 Å². The SMILES string of the molecule is Cc1ccc(C2C(=C(O)c3ccc4c(c3)OCCO4)C(=O)C(=O)N2c2ccccn2)cc1. The predicted octanol–water partition coefficient (Wildman–Crippen LogP) is 3.79. The van der Waals surface area contributed by atoms with Crippen LogP contribution < -0.4 is 14.4 Å². The zero-order valence-electron chi connectivity index (χ0n) is 17.3. The van der Waals surface area contributed by atoms with Crippen molar-refractivity contribution in [1.82, 2.24) is 4.98 Å². The van der Waals surface area contributed by atoms with E-state index < -0.39 is 17.7 Å². The summed E-state index contributed by atoms with van der Waals surface area (Å²) in [7, 11) is 0. The molecule has 3 aromatic rings. The van der Waals surface area contributed by atoms with Crippen LogP contribution >= 0.6 is 0 Å². The fourth-order valence-corrected chi connectivity index (χ4v) is 3.98. The standard InChI is InChI=1S/C25H20N2O5/c1-15-5-7-16(8-6-15)22-21(24(29)25(30)27(22)20-4-2-3-11-26-20)23(28)17-9-10-18-19(14-17)32-13-12-31-18/h2-11,14,22,28H,12-13H2,1H3. The van der Waals surface area contributed by atoms with Crippen LogP contribution in [-0.2, 0) is 9.59 Å². The van der Waals surface area contributed by atoms with Gasteiger partial charge in [-0.25, -0.2) is 4.98 Å². The van der Waals surface area contributed by atoms with Crippen LogP contribution in [0, 0.1) is 6.92 Å². The summed E-state index contributed by atoms with van der Waals surface area (Å²) in [5.41, 5.74) is 2.10. The predicted molar refractivity (Wildman–Crippen MR) is 118 cm³/mol. The summed E-state index contributed by atoms with van der Waals surface area (Å²) < 4.78 is 11.1. The lowest BCUT2D eigenvalue weighted by molar-refractivity contribution is -0.132. The van der Waals surface area contributed by atoms with Crippen LogP contribution in [0.2, 0.25) is 0 Å². The molecule has 2 aromatic carbocycles. The summed E-state index contributed by atoms with van der Waals surface area (Å²) in [5.74, 6) is -0.407. The zero-order valence-corrected chi connectivity index (χ0v) is 17.3. The highest BCUT2D eigenvalue weighted by Crippen LogP contribution is 2.42. The van der Waals surface area contributed by atoms with Gasteiger partial charge in [-0.15, -0.1) is 0 Å². The molecular formula is C25H20N2O5. The Labute approximate surface area is 184 Å². The Morgan fingerprint density at radius 3 is 2.47 bits per heavy atom. The van der Waals surface area contributed by atoms with Crippen molar-refractivity contribution in [1.29, 1.82) is 0 Å². The highest BCUT2D eigenvalue weighted by molar-refractivity contribution is 6.51. The summed E-state index contributed by atoms with van der Waals surface area (Å²) in [6, 6.07) is 16.8. The molecule has 1 aromatic heterocycles. The number of aryl methyl sites for hydroxylation is 1. The number of anilines is 1. The quantitative estimate of drug-likeness (QED) is 0.388. The number of hydrogen-bond donors (Lipinski definition) is 1. The van der Waals surface area contributed by atoms with Gasteiger partial charge in [-0.05, 0) is 42.8 Å². The van der Waals surface area contributed by atoms with E-state index in [1.165, 1.54) is 4.90 Å². The third-order valence-corrected chi connectivity index (χ3v) is 5.55. The molecule has 5 rings (SSSR count). The van der Waals surface area contributed by atoms with Crippen LogP contribution in [0.5, 0.6) is 11.5 Å². The van der Waals surface area contributed by atoms with Crippen molar-refractivity contribution >= 4 is 23.3 Å². The van der Waals surface area contributed by atoms with Crippen molar-refractivity contribution < 1.29 is 24.2 Å². The molecule has 1 amide bonds. The van der Waals surface area contributed by atoms with Crippen molar-refractivity contribution in [3.63, 3.8) is 0 Å². The third-order valence-electron chi connectivity index (χ3n) is 5.55. The van der Waals surface area contributed by atoms with Gasteiger partial charge in [-0.1, -0.05) is 35.9 Å². The molecule has 1 fully saturated rings. The summed E-state index contributed by atoms with van der Waals surface area (Å²) >= 11 is 0. The molecule has 2 aliphatic heterocycles. The number of ether oxygens (including phenoxy) is 2. The van der Waals surface area contributed by atoms with Gasteiger partial charge < -0.3 is 14.6 Å². The molecule has 7 heteroatoms. The van der Waals surface area contributed by atoms with E-state index in [-0.39, 0.29) is 11.3 Å². The topological polar surface area (TPSA) is 89.0 Å². The summed E-state index contributed by atoms with van der Waals surface area (Å²) in [6.07, 6.45) is 1.56. The number of benzene rings is 2. The van der Waals surface area contributed by atoms with E-state index in [0.717, 1.165) is 5.56 Å². The first-order valence-corrected chi connectivity index (χ1v) is 10.2. The molecule has 32 heavy (non-hydrogen) atoms. The lowest BCUT2D eigenvalue weighted by atomic mass is 9.94. The van der Waals surface area contributed by atoms with Crippen molar-refractivity contribution in [2.45, 2.75) is 13.0 Å². The van der Waals surface area contributed by atoms with E-state index >= 15 is 0 Å². The molecule has 0 bridgehead atoms. The summed E-state index contributed by atoms with van der Waals surface area (Å²) in [6.45, 7) is 2.79. The molecule has 1 N–H and O–H groups in total. The first-order valence-electron chi connectivity index (χ1n) is 10.2. The van der Waals surface area contributed by atoms with Crippen molar-refractivity contribution in [2.75, 3.05) is 18.1 Å². The number of aliphatic hydroxyl groups is 1. The minimum Gasteiger partial charge on any atom is -0.507 e. The monoisotopic (exact) mass is 428 g/mol. The molecule has 0 radical (unpaired) electrons. The number of nitrogens with zero attached hydrogens (tertiary/aromatic N) is 2. The molecule has 0 aliphatic carbocycles. The van der Waals surface area contributed by atoms with Crippen LogP contribution in [-0.4, -0.2) is 35.0 Å². The maximum absolute atomic E-state index is 13.2. The number of amides is 1. The molecule has 0 saturated carbocycles. The molecule has 2 aliphatic rings. The first-order chi connectivity index (χ1) is 15.5. The lowest BCUT2D eigenvalue weighted by Crippen LogP contribution is -2.30. The van der Waals surface area contributed by atoms with Gasteiger partial charge in [-0.3, -0.25) is 14.5 Å². The maximum Gasteiger partial charge on any atom is 0.301 e. The van der Waals surface area contributed by atoms with E-state index in [1.807, 2.05) is 31.2 Å². The lowest BCUT2D eigenvalue weighted by Gasteiger charge is -2.24. The van der Waals surface area contributed by atoms with E-state index in [1.54, 1.807) is 42.6 Å². The highest BCUT2D eigenvalue weighted by Gasteiger charge is 2.47. The van der Waals surface area contributed by atoms with E-state index in [2.05, 4.69) is 4.98 Å². The van der Waals surface area contributed by atoms with Gasteiger partial charge in [0.15, 0.2) is 11.5 Å². The van der Waals surface area contributed by atoms with Gasteiger partial charge in [0.1, 0.15) is 24.8 Å². The van der Waals surface area contributed by atoms with Gasteiger partial charge in [0.2, 0.25) is 0 Å². The Bertz CT molecular complexity index is 1230. The number of Topliss-reactive ketones (excluding diaryl/α,β-unsaturated/α-hetero) is 1. The second-order valence-electron chi connectivity index (χ2n) is 7.63. The van der Waals surface area contributed by atoms with Crippen molar-refractivity contribution in [2.24, 2.45) is 0 Å². The van der Waals surface area contributed by atoms with E-state index in [0.29, 0.717) is 41.7 Å². The van der Waals surface area contributed by atoms with Gasteiger partial charge in [0.25, 0.3) is 5.78 Å². The average molecular weight is 428 g/mol. The molecule has 7 nitrogen and oxygen atoms in total. The molecule has 3 heterocycles. The van der Waals surface area contributed by atoms with Gasteiger partial charge in [0, 0.05) is 11.8 Å². The molecule has 1 saturated heterocycles. The normalized spacial score (nSPS) is 19.3. The summed E-state index contributed by atoms with van der Waals surface area (Å²) in [5, 5.41) is 11.2. The van der Waals surface area contributed by atoms with Crippen molar-refractivity contribution in [3.8, 4) is 11.5 Å². The molecule has 1 atom stereocenters. The summed E-state index contributed by atoms with van der Waals surface area (Å²) in [4.78, 5) is 31.8. The van der Waals surface area contributed by atoms with Crippen LogP contribution in [0.15, 0.2) is 72.4 Å². The number of rotatable bonds is 3. The second kappa shape index (κ2) is 7.85. The number of hydrogen-bond acceptors (Lipinski definition) is 6. The Balaban J connectivity index is 1.69. The Morgan fingerprint density at radius 2 is 1.75 bits per heavy atom. The smallest absolute Gasteiger partial charge is 0.301 e. The Kier molecular flexibility index (Phi) is 4.86.